The summed E-state index contributed by atoms with van der Waals surface area (Å²) >= 11 is 6.22. The number of halogens is 1. The summed E-state index contributed by atoms with van der Waals surface area (Å²) in [5.74, 6) is -0.277. The summed E-state index contributed by atoms with van der Waals surface area (Å²) in [4.78, 5) is 1.66. The summed E-state index contributed by atoms with van der Waals surface area (Å²) in [6, 6.07) is 6.54. The van der Waals surface area contributed by atoms with Gasteiger partial charge in [-0.15, -0.1) is 5.10 Å². The van der Waals surface area contributed by atoms with E-state index < -0.39 is 0 Å². The highest BCUT2D eigenvalue weighted by molar-refractivity contribution is 7.73. The van der Waals surface area contributed by atoms with Crippen molar-refractivity contribution in [2.45, 2.75) is 0 Å². The second kappa shape index (κ2) is 4.08. The monoisotopic (exact) mass is 241 g/mol. The molecule has 3 nitrogen and oxygen atoms in total. The summed E-state index contributed by atoms with van der Waals surface area (Å²) in [5, 5.41) is 7.28. The predicted octanol–water partition coefficient (Wildman–Crippen LogP) is 3.11. The maximum absolute atomic E-state index is 13.4. The van der Waals surface area contributed by atoms with Crippen molar-refractivity contribution in [1.82, 2.24) is 10.2 Å². The fraction of sp³-hybridized carbons (Fsp3) is 0.111. The van der Waals surface area contributed by atoms with Crippen LogP contribution in [0.25, 0.3) is 0 Å². The van der Waals surface area contributed by atoms with Gasteiger partial charge >= 0.3 is 0 Å². The van der Waals surface area contributed by atoms with Gasteiger partial charge in [-0.3, -0.25) is 5.10 Å². The van der Waals surface area contributed by atoms with Crippen LogP contribution in [0.4, 0.5) is 15.2 Å². The first-order chi connectivity index (χ1) is 7.18. The number of benzene rings is 1. The first-order valence-electron chi connectivity index (χ1n) is 4.22. The molecule has 0 aliphatic rings. The fourth-order valence-electron chi connectivity index (χ4n) is 1.19. The van der Waals surface area contributed by atoms with Crippen LogP contribution >= 0.6 is 23.6 Å². The Morgan fingerprint density at radius 1 is 1.47 bits per heavy atom. The van der Waals surface area contributed by atoms with Crippen LogP contribution < -0.4 is 4.90 Å². The van der Waals surface area contributed by atoms with Crippen molar-refractivity contribution in [2.24, 2.45) is 0 Å². The Kier molecular flexibility index (Phi) is 2.79. The van der Waals surface area contributed by atoms with Crippen LogP contribution in [0.1, 0.15) is 0 Å². The van der Waals surface area contributed by atoms with Gasteiger partial charge in [0.15, 0.2) is 3.95 Å². The Hall–Kier alpha value is -1.27. The molecule has 1 heterocycles. The molecule has 0 spiro atoms. The highest BCUT2D eigenvalue weighted by Gasteiger charge is 2.10. The SMILES string of the molecule is CN(c1n[nH]c(=S)s1)c1ccccc1F. The number of nitrogens with one attached hydrogen (secondary N) is 1. The highest BCUT2D eigenvalue weighted by atomic mass is 32.1. The molecule has 0 saturated carbocycles. The molecule has 1 aromatic heterocycles. The van der Waals surface area contributed by atoms with E-state index in [9.17, 15) is 4.39 Å². The van der Waals surface area contributed by atoms with Crippen molar-refractivity contribution in [3.05, 3.63) is 34.0 Å². The number of anilines is 2. The molecule has 2 rings (SSSR count). The van der Waals surface area contributed by atoms with Gasteiger partial charge in [0.25, 0.3) is 0 Å². The second-order valence-corrected chi connectivity index (χ2v) is 4.55. The molecule has 0 aliphatic heterocycles. The van der Waals surface area contributed by atoms with Gasteiger partial charge in [-0.2, -0.15) is 0 Å². The minimum absolute atomic E-state index is 0.277. The predicted molar refractivity (Wildman–Crippen MR) is 61.8 cm³/mol. The Labute approximate surface area is 95.2 Å². The molecule has 0 fully saturated rings. The van der Waals surface area contributed by atoms with Crippen LogP contribution in [0.5, 0.6) is 0 Å². The first-order valence-corrected chi connectivity index (χ1v) is 5.45. The van der Waals surface area contributed by atoms with E-state index in [1.165, 1.54) is 17.4 Å². The minimum Gasteiger partial charge on any atom is -0.317 e. The Morgan fingerprint density at radius 3 is 2.80 bits per heavy atom. The second-order valence-electron chi connectivity index (χ2n) is 2.91. The number of aromatic amines is 1. The molecule has 0 aliphatic carbocycles. The molecule has 0 atom stereocenters. The molecule has 0 saturated heterocycles. The van der Waals surface area contributed by atoms with E-state index in [-0.39, 0.29) is 5.82 Å². The van der Waals surface area contributed by atoms with Crippen LogP contribution in [0.15, 0.2) is 24.3 Å². The third-order valence-electron chi connectivity index (χ3n) is 1.93. The van der Waals surface area contributed by atoms with Crippen LogP contribution in [0.2, 0.25) is 0 Å². The molecule has 1 N–H and O–H groups in total. The van der Waals surface area contributed by atoms with Crippen LogP contribution in [0, 0.1) is 9.77 Å². The first kappa shape index (κ1) is 10.3. The Morgan fingerprint density at radius 2 is 2.20 bits per heavy atom. The maximum Gasteiger partial charge on any atom is 0.211 e. The summed E-state index contributed by atoms with van der Waals surface area (Å²) in [6.45, 7) is 0. The molecule has 15 heavy (non-hydrogen) atoms. The van der Waals surface area contributed by atoms with Crippen LogP contribution in [-0.4, -0.2) is 17.2 Å². The summed E-state index contributed by atoms with van der Waals surface area (Å²) in [6.07, 6.45) is 0. The fourth-order valence-corrected chi connectivity index (χ4v) is 2.05. The lowest BCUT2D eigenvalue weighted by Crippen LogP contribution is -2.10. The normalized spacial score (nSPS) is 10.3. The number of rotatable bonds is 2. The summed E-state index contributed by atoms with van der Waals surface area (Å²) in [5.41, 5.74) is 0.482. The number of para-hydroxylation sites is 1. The van der Waals surface area contributed by atoms with E-state index in [4.69, 9.17) is 12.2 Å². The molecular weight excluding hydrogens is 233 g/mol. The van der Waals surface area contributed by atoms with Crippen molar-refractivity contribution >= 4 is 34.4 Å². The van der Waals surface area contributed by atoms with Crippen LogP contribution in [-0.2, 0) is 0 Å². The summed E-state index contributed by atoms with van der Waals surface area (Å²) in [7, 11) is 1.75. The zero-order valence-electron chi connectivity index (χ0n) is 7.90. The standard InChI is InChI=1S/C9H8FN3S2/c1-13(8-11-12-9(14)15-8)7-5-3-2-4-6(7)10/h2-5H,1H3,(H,12,14). The number of aromatic nitrogens is 2. The van der Waals surface area contributed by atoms with E-state index in [0.717, 1.165) is 0 Å². The maximum atomic E-state index is 13.4. The Balaban J connectivity index is 2.40. The average molecular weight is 241 g/mol. The smallest absolute Gasteiger partial charge is 0.211 e. The van der Waals surface area contributed by atoms with Crippen LogP contribution in [0.3, 0.4) is 0 Å². The highest BCUT2D eigenvalue weighted by Crippen LogP contribution is 2.26. The lowest BCUT2D eigenvalue weighted by molar-refractivity contribution is 0.627. The van der Waals surface area contributed by atoms with Crippen molar-refractivity contribution < 1.29 is 4.39 Å². The minimum atomic E-state index is -0.277. The number of nitrogens with zero attached hydrogens (tertiary/aromatic N) is 2. The molecule has 0 bridgehead atoms. The average Bonchev–Trinajstić information content (AvgIpc) is 2.65. The quantitative estimate of drug-likeness (QED) is 0.820. The number of H-pyrrole nitrogens is 1. The van der Waals surface area contributed by atoms with Gasteiger partial charge in [-0.1, -0.05) is 23.5 Å². The third-order valence-corrected chi connectivity index (χ3v) is 3.09. The zero-order valence-corrected chi connectivity index (χ0v) is 9.53. The van der Waals surface area contributed by atoms with Gasteiger partial charge in [0, 0.05) is 7.05 Å². The topological polar surface area (TPSA) is 31.9 Å². The van der Waals surface area contributed by atoms with Gasteiger partial charge in [-0.05, 0) is 24.4 Å². The molecular formula is C9H8FN3S2. The van der Waals surface area contributed by atoms with E-state index in [0.29, 0.717) is 14.8 Å². The number of hydrogen-bond acceptors (Lipinski definition) is 4. The molecule has 0 radical (unpaired) electrons. The van der Waals surface area contributed by atoms with Crippen molar-refractivity contribution in [3.63, 3.8) is 0 Å². The number of hydrogen-bond donors (Lipinski definition) is 1. The van der Waals surface area contributed by atoms with E-state index >= 15 is 0 Å². The third kappa shape index (κ3) is 2.05. The van der Waals surface area contributed by atoms with E-state index in [1.54, 1.807) is 30.1 Å². The molecule has 0 amide bonds. The van der Waals surface area contributed by atoms with Gasteiger partial charge in [-0.25, -0.2) is 4.39 Å². The van der Waals surface area contributed by atoms with Gasteiger partial charge in [0.05, 0.1) is 5.69 Å². The molecule has 6 heteroatoms. The summed E-state index contributed by atoms with van der Waals surface area (Å²) < 4.78 is 14.0. The van der Waals surface area contributed by atoms with Crippen molar-refractivity contribution in [2.75, 3.05) is 11.9 Å². The molecule has 2 aromatic rings. The molecule has 0 unspecified atom stereocenters. The van der Waals surface area contributed by atoms with Crippen molar-refractivity contribution in [1.29, 1.82) is 0 Å². The Bertz CT molecular complexity index is 520. The van der Waals surface area contributed by atoms with Gasteiger partial charge in [0.2, 0.25) is 5.13 Å². The molecule has 1 aromatic carbocycles. The van der Waals surface area contributed by atoms with Crippen molar-refractivity contribution in [3.8, 4) is 0 Å². The lowest BCUT2D eigenvalue weighted by Gasteiger charge is -2.15. The van der Waals surface area contributed by atoms with Gasteiger partial charge < -0.3 is 4.90 Å². The largest absolute Gasteiger partial charge is 0.317 e. The van der Waals surface area contributed by atoms with E-state index in [1.807, 2.05) is 0 Å². The zero-order chi connectivity index (χ0) is 10.8. The molecule has 78 valence electrons. The lowest BCUT2D eigenvalue weighted by atomic mass is 10.3. The van der Waals surface area contributed by atoms with Gasteiger partial charge in [0.1, 0.15) is 5.82 Å². The van der Waals surface area contributed by atoms with E-state index in [2.05, 4.69) is 10.2 Å².